The summed E-state index contributed by atoms with van der Waals surface area (Å²) in [5.74, 6) is -2.26. The topological polar surface area (TPSA) is 57.6 Å². The molecule has 2 unspecified atom stereocenters. The number of hydrogen-bond acceptors (Lipinski definition) is 2. The van der Waals surface area contributed by atoms with Gasteiger partial charge in [0.25, 0.3) is 0 Å². The third-order valence-corrected chi connectivity index (χ3v) is 4.93. The SMILES string of the molecule is O=C(O)C1CCN(C(=O)C2CC2c2ccccc2C(F)(F)F)CC1. The third kappa shape index (κ3) is 3.25. The van der Waals surface area contributed by atoms with Crippen molar-refractivity contribution in [2.45, 2.75) is 31.4 Å². The Kier molecular flexibility index (Phi) is 4.27. The average molecular weight is 341 g/mol. The summed E-state index contributed by atoms with van der Waals surface area (Å²) in [5.41, 5.74) is -0.487. The number of benzene rings is 1. The second-order valence-electron chi connectivity index (χ2n) is 6.47. The van der Waals surface area contributed by atoms with Crippen molar-refractivity contribution < 1.29 is 27.9 Å². The van der Waals surface area contributed by atoms with Gasteiger partial charge in [0.15, 0.2) is 0 Å². The van der Waals surface area contributed by atoms with Gasteiger partial charge in [-0.3, -0.25) is 9.59 Å². The molecule has 1 heterocycles. The first-order valence-electron chi connectivity index (χ1n) is 7.96. The molecule has 2 aliphatic rings. The highest BCUT2D eigenvalue weighted by Gasteiger charge is 2.49. The van der Waals surface area contributed by atoms with Crippen LogP contribution >= 0.6 is 0 Å². The highest BCUT2D eigenvalue weighted by Crippen LogP contribution is 2.51. The number of carbonyl (C=O) groups excluding carboxylic acids is 1. The van der Waals surface area contributed by atoms with E-state index in [-0.39, 0.29) is 11.5 Å². The molecule has 1 aliphatic heterocycles. The Morgan fingerprint density at radius 2 is 1.75 bits per heavy atom. The Morgan fingerprint density at radius 1 is 1.12 bits per heavy atom. The molecule has 1 N–H and O–H groups in total. The Hall–Kier alpha value is -2.05. The number of halogens is 3. The lowest BCUT2D eigenvalue weighted by Crippen LogP contribution is -2.41. The van der Waals surface area contributed by atoms with Crippen molar-refractivity contribution in [1.29, 1.82) is 0 Å². The first-order chi connectivity index (χ1) is 11.3. The summed E-state index contributed by atoms with van der Waals surface area (Å²) in [6.45, 7) is 0.722. The van der Waals surface area contributed by atoms with Crippen molar-refractivity contribution in [2.24, 2.45) is 11.8 Å². The van der Waals surface area contributed by atoms with Gasteiger partial charge in [-0.05, 0) is 36.8 Å². The van der Waals surface area contributed by atoms with Crippen molar-refractivity contribution in [3.8, 4) is 0 Å². The first-order valence-corrected chi connectivity index (χ1v) is 7.96. The standard InChI is InChI=1S/C17H18F3NO3/c18-17(19,20)14-4-2-1-3-11(14)12-9-13(12)15(22)21-7-5-10(6-8-21)16(23)24/h1-4,10,12-13H,5-9H2,(H,23,24). The fourth-order valence-corrected chi connectivity index (χ4v) is 3.47. The van der Waals surface area contributed by atoms with Gasteiger partial charge in [-0.15, -0.1) is 0 Å². The van der Waals surface area contributed by atoms with Gasteiger partial charge >= 0.3 is 12.1 Å². The van der Waals surface area contributed by atoms with E-state index >= 15 is 0 Å². The van der Waals surface area contributed by atoms with Gasteiger partial charge in [0.2, 0.25) is 5.91 Å². The number of piperidine rings is 1. The van der Waals surface area contributed by atoms with Crippen LogP contribution in [-0.4, -0.2) is 35.0 Å². The minimum absolute atomic E-state index is 0.152. The average Bonchev–Trinajstić information content (AvgIpc) is 3.34. The molecule has 7 heteroatoms. The molecule has 3 rings (SSSR count). The van der Waals surface area contributed by atoms with Gasteiger partial charge in [0, 0.05) is 19.0 Å². The molecule has 2 fully saturated rings. The number of nitrogens with zero attached hydrogens (tertiary/aromatic N) is 1. The van der Waals surface area contributed by atoms with Crippen LogP contribution in [0.1, 0.15) is 36.3 Å². The zero-order valence-corrected chi connectivity index (χ0v) is 12.9. The van der Waals surface area contributed by atoms with Gasteiger partial charge in [-0.25, -0.2) is 0 Å². The molecule has 0 bridgehead atoms. The molecule has 0 radical (unpaired) electrons. The Labute approximate surface area is 137 Å². The van der Waals surface area contributed by atoms with E-state index in [0.717, 1.165) is 6.07 Å². The molecule has 0 aromatic heterocycles. The van der Waals surface area contributed by atoms with Crippen LogP contribution in [0.2, 0.25) is 0 Å². The number of carboxylic acid groups (broad SMARTS) is 1. The predicted molar refractivity (Wildman–Crippen MR) is 79.2 cm³/mol. The predicted octanol–water partition coefficient (Wildman–Crippen LogP) is 3.13. The maximum atomic E-state index is 13.1. The van der Waals surface area contributed by atoms with Crippen molar-refractivity contribution in [3.05, 3.63) is 35.4 Å². The van der Waals surface area contributed by atoms with E-state index in [1.807, 2.05) is 0 Å². The molecule has 1 saturated heterocycles. The monoisotopic (exact) mass is 341 g/mol. The van der Waals surface area contributed by atoms with E-state index in [1.54, 1.807) is 11.0 Å². The van der Waals surface area contributed by atoms with Crippen molar-refractivity contribution >= 4 is 11.9 Å². The number of carbonyl (C=O) groups is 2. The fourth-order valence-electron chi connectivity index (χ4n) is 3.47. The normalized spacial score (nSPS) is 24.7. The van der Waals surface area contributed by atoms with Crippen LogP contribution in [-0.2, 0) is 15.8 Å². The van der Waals surface area contributed by atoms with Gasteiger partial charge in [0.05, 0.1) is 11.5 Å². The number of rotatable bonds is 3. The molecule has 2 atom stereocenters. The van der Waals surface area contributed by atoms with Crippen LogP contribution in [0.5, 0.6) is 0 Å². The summed E-state index contributed by atoms with van der Waals surface area (Å²) in [6, 6.07) is 5.40. The highest BCUT2D eigenvalue weighted by molar-refractivity contribution is 5.83. The van der Waals surface area contributed by atoms with Crippen LogP contribution in [0.15, 0.2) is 24.3 Å². The molecule has 1 saturated carbocycles. The first kappa shape index (κ1) is 16.8. The fraction of sp³-hybridized carbons (Fsp3) is 0.529. The largest absolute Gasteiger partial charge is 0.481 e. The van der Waals surface area contributed by atoms with Crippen LogP contribution < -0.4 is 0 Å². The maximum Gasteiger partial charge on any atom is 0.416 e. The highest BCUT2D eigenvalue weighted by atomic mass is 19.4. The quantitative estimate of drug-likeness (QED) is 0.919. The number of likely N-dealkylation sites (tertiary alicyclic amines) is 1. The Bertz CT molecular complexity index is 651. The van der Waals surface area contributed by atoms with E-state index in [1.165, 1.54) is 12.1 Å². The van der Waals surface area contributed by atoms with Crippen molar-refractivity contribution in [3.63, 3.8) is 0 Å². The van der Waals surface area contributed by atoms with E-state index < -0.39 is 35.5 Å². The van der Waals surface area contributed by atoms with Crippen LogP contribution in [0.3, 0.4) is 0 Å². The number of carboxylic acids is 1. The van der Waals surface area contributed by atoms with Crippen molar-refractivity contribution in [2.75, 3.05) is 13.1 Å². The van der Waals surface area contributed by atoms with E-state index in [2.05, 4.69) is 0 Å². The van der Waals surface area contributed by atoms with Crippen molar-refractivity contribution in [1.82, 2.24) is 4.90 Å². The molecule has 1 aromatic rings. The van der Waals surface area contributed by atoms with E-state index in [4.69, 9.17) is 5.11 Å². The number of alkyl halides is 3. The smallest absolute Gasteiger partial charge is 0.416 e. The van der Waals surface area contributed by atoms with E-state index in [0.29, 0.717) is 32.4 Å². The minimum atomic E-state index is -4.42. The Balaban J connectivity index is 1.66. The second-order valence-corrected chi connectivity index (χ2v) is 6.47. The number of aliphatic carboxylic acids is 1. The van der Waals surface area contributed by atoms with Gasteiger partial charge in [0.1, 0.15) is 0 Å². The molecule has 1 amide bonds. The zero-order chi connectivity index (χ0) is 17.5. The zero-order valence-electron chi connectivity index (χ0n) is 12.9. The molecular weight excluding hydrogens is 323 g/mol. The van der Waals surface area contributed by atoms with Gasteiger partial charge in [-0.1, -0.05) is 18.2 Å². The van der Waals surface area contributed by atoms with Crippen LogP contribution in [0, 0.1) is 11.8 Å². The second kappa shape index (κ2) is 6.11. The summed E-state index contributed by atoms with van der Waals surface area (Å²) in [4.78, 5) is 25.0. The summed E-state index contributed by atoms with van der Waals surface area (Å²) < 4.78 is 39.3. The molecule has 1 aliphatic carbocycles. The lowest BCUT2D eigenvalue weighted by molar-refractivity contribution is -0.146. The maximum absolute atomic E-state index is 13.1. The molecular formula is C17H18F3NO3. The molecule has 1 aromatic carbocycles. The van der Waals surface area contributed by atoms with E-state index in [9.17, 15) is 22.8 Å². The summed E-state index contributed by atoms with van der Waals surface area (Å²) in [7, 11) is 0. The third-order valence-electron chi connectivity index (χ3n) is 4.93. The molecule has 0 spiro atoms. The van der Waals surface area contributed by atoms with Gasteiger partial charge in [-0.2, -0.15) is 13.2 Å². The number of amides is 1. The van der Waals surface area contributed by atoms with Crippen LogP contribution in [0.25, 0.3) is 0 Å². The molecule has 4 nitrogen and oxygen atoms in total. The lowest BCUT2D eigenvalue weighted by Gasteiger charge is -2.30. The lowest BCUT2D eigenvalue weighted by atomic mass is 9.96. The summed E-state index contributed by atoms with van der Waals surface area (Å²) in [6.07, 6.45) is -3.20. The summed E-state index contributed by atoms with van der Waals surface area (Å²) >= 11 is 0. The summed E-state index contributed by atoms with van der Waals surface area (Å²) in [5, 5.41) is 8.97. The Morgan fingerprint density at radius 3 is 2.33 bits per heavy atom. The molecule has 24 heavy (non-hydrogen) atoms. The van der Waals surface area contributed by atoms with Crippen LogP contribution in [0.4, 0.5) is 13.2 Å². The molecule has 130 valence electrons. The van der Waals surface area contributed by atoms with Gasteiger partial charge < -0.3 is 10.0 Å². The number of hydrogen-bond donors (Lipinski definition) is 1. The minimum Gasteiger partial charge on any atom is -0.481 e.